The van der Waals surface area contributed by atoms with Crippen LogP contribution < -0.4 is 0 Å². The smallest absolute Gasteiger partial charge is 0.274 e. The van der Waals surface area contributed by atoms with E-state index in [2.05, 4.69) is 9.88 Å². The molecule has 0 aromatic carbocycles. The van der Waals surface area contributed by atoms with E-state index in [4.69, 9.17) is 27.9 Å². The first kappa shape index (κ1) is 18.4. The van der Waals surface area contributed by atoms with Gasteiger partial charge in [-0.2, -0.15) is 0 Å². The first-order valence-electron chi connectivity index (χ1n) is 8.24. The Kier molecular flexibility index (Phi) is 6.11. The van der Waals surface area contributed by atoms with Gasteiger partial charge in [-0.25, -0.2) is 4.98 Å². The Labute approximate surface area is 156 Å². The lowest BCUT2D eigenvalue weighted by Gasteiger charge is -2.36. The van der Waals surface area contributed by atoms with Gasteiger partial charge in [0.25, 0.3) is 5.91 Å². The lowest BCUT2D eigenvalue weighted by Crippen LogP contribution is -2.53. The molecule has 2 aliphatic heterocycles. The molecule has 2 saturated heterocycles. The van der Waals surface area contributed by atoms with Gasteiger partial charge >= 0.3 is 0 Å². The van der Waals surface area contributed by atoms with Crippen molar-refractivity contribution in [3.63, 3.8) is 0 Å². The number of hydrogen-bond donors (Lipinski definition) is 0. The van der Waals surface area contributed by atoms with E-state index in [0.717, 1.165) is 13.1 Å². The molecule has 0 aliphatic carbocycles. The van der Waals surface area contributed by atoms with Crippen LogP contribution in [-0.2, 0) is 9.53 Å². The Morgan fingerprint density at radius 2 is 1.64 bits per heavy atom. The fraction of sp³-hybridized carbons (Fsp3) is 0.562. The standard InChI is InChI=1S/C16H20Cl2N4O3/c17-12-1-2-13(18)19-15(12)16(24)22-5-3-21(4-6-22)14(23)11-20-7-9-25-10-8-20/h1-2H,3-11H2. The van der Waals surface area contributed by atoms with Crippen LogP contribution in [0.25, 0.3) is 0 Å². The molecule has 7 nitrogen and oxygen atoms in total. The molecule has 136 valence electrons. The van der Waals surface area contributed by atoms with Crippen molar-refractivity contribution in [2.45, 2.75) is 0 Å². The van der Waals surface area contributed by atoms with Gasteiger partial charge in [-0.05, 0) is 12.1 Å². The molecule has 0 saturated carbocycles. The average Bonchev–Trinajstić information content (AvgIpc) is 2.64. The minimum atomic E-state index is -0.257. The molecule has 3 rings (SSSR count). The van der Waals surface area contributed by atoms with Crippen LogP contribution in [0.4, 0.5) is 0 Å². The quantitative estimate of drug-likeness (QED) is 0.725. The van der Waals surface area contributed by atoms with Gasteiger partial charge in [0.05, 0.1) is 24.8 Å². The molecule has 1 aromatic rings. The lowest BCUT2D eigenvalue weighted by molar-refractivity contribution is -0.134. The molecule has 0 bridgehead atoms. The number of amides is 2. The van der Waals surface area contributed by atoms with Gasteiger partial charge in [0, 0.05) is 39.3 Å². The second-order valence-corrected chi connectivity index (χ2v) is 6.82. The highest BCUT2D eigenvalue weighted by atomic mass is 35.5. The van der Waals surface area contributed by atoms with Crippen LogP contribution in [-0.4, -0.2) is 90.5 Å². The van der Waals surface area contributed by atoms with Crippen LogP contribution in [0.5, 0.6) is 0 Å². The molecule has 0 radical (unpaired) electrons. The van der Waals surface area contributed by atoms with Crippen molar-refractivity contribution in [2.75, 3.05) is 59.0 Å². The summed E-state index contributed by atoms with van der Waals surface area (Å²) < 4.78 is 5.29. The largest absolute Gasteiger partial charge is 0.379 e. The van der Waals surface area contributed by atoms with E-state index in [1.165, 1.54) is 0 Å². The molecule has 3 heterocycles. The van der Waals surface area contributed by atoms with Crippen molar-refractivity contribution in [3.8, 4) is 0 Å². The zero-order valence-electron chi connectivity index (χ0n) is 13.8. The summed E-state index contributed by atoms with van der Waals surface area (Å²) in [4.78, 5) is 34.5. The summed E-state index contributed by atoms with van der Waals surface area (Å²) in [7, 11) is 0. The van der Waals surface area contributed by atoms with E-state index >= 15 is 0 Å². The first-order valence-corrected chi connectivity index (χ1v) is 8.99. The van der Waals surface area contributed by atoms with Crippen molar-refractivity contribution in [1.82, 2.24) is 19.7 Å². The highest BCUT2D eigenvalue weighted by Crippen LogP contribution is 2.19. The molecule has 0 atom stereocenters. The molecule has 2 fully saturated rings. The minimum Gasteiger partial charge on any atom is -0.379 e. The third kappa shape index (κ3) is 4.61. The lowest BCUT2D eigenvalue weighted by atomic mass is 10.2. The first-order chi connectivity index (χ1) is 12.0. The van der Waals surface area contributed by atoms with Crippen LogP contribution in [0.1, 0.15) is 10.5 Å². The number of hydrogen-bond acceptors (Lipinski definition) is 5. The number of aromatic nitrogens is 1. The maximum atomic E-state index is 12.6. The highest BCUT2D eigenvalue weighted by molar-refractivity contribution is 6.34. The predicted molar refractivity (Wildman–Crippen MR) is 94.0 cm³/mol. The van der Waals surface area contributed by atoms with E-state index in [9.17, 15) is 9.59 Å². The van der Waals surface area contributed by atoms with Crippen LogP contribution in [0.15, 0.2) is 12.1 Å². The predicted octanol–water partition coefficient (Wildman–Crippen LogP) is 1.00. The van der Waals surface area contributed by atoms with Gasteiger partial charge in [0.15, 0.2) is 0 Å². The zero-order valence-corrected chi connectivity index (χ0v) is 15.3. The van der Waals surface area contributed by atoms with Gasteiger partial charge in [-0.15, -0.1) is 0 Å². The molecular formula is C16H20Cl2N4O3. The number of ether oxygens (including phenoxy) is 1. The topological polar surface area (TPSA) is 66.0 Å². The molecule has 0 N–H and O–H groups in total. The Balaban J connectivity index is 1.53. The third-order valence-electron chi connectivity index (χ3n) is 4.40. The molecule has 0 spiro atoms. The van der Waals surface area contributed by atoms with Crippen molar-refractivity contribution >= 4 is 35.0 Å². The van der Waals surface area contributed by atoms with E-state index < -0.39 is 0 Å². The van der Waals surface area contributed by atoms with E-state index in [0.29, 0.717) is 45.9 Å². The molecule has 1 aromatic heterocycles. The summed E-state index contributed by atoms with van der Waals surface area (Å²) in [5, 5.41) is 0.507. The summed E-state index contributed by atoms with van der Waals surface area (Å²) in [6.07, 6.45) is 0. The summed E-state index contributed by atoms with van der Waals surface area (Å²) in [5.74, 6) is -0.166. The summed E-state index contributed by atoms with van der Waals surface area (Å²) in [5.41, 5.74) is 0.155. The van der Waals surface area contributed by atoms with E-state index in [-0.39, 0.29) is 27.7 Å². The maximum absolute atomic E-state index is 12.6. The van der Waals surface area contributed by atoms with Gasteiger partial charge in [-0.3, -0.25) is 14.5 Å². The van der Waals surface area contributed by atoms with Crippen LogP contribution in [0.2, 0.25) is 10.2 Å². The Morgan fingerprint density at radius 3 is 2.32 bits per heavy atom. The zero-order chi connectivity index (χ0) is 17.8. The number of carbonyl (C=O) groups excluding carboxylic acids is 2. The van der Waals surface area contributed by atoms with Crippen LogP contribution >= 0.6 is 23.2 Å². The fourth-order valence-corrected chi connectivity index (χ4v) is 3.26. The molecule has 0 unspecified atom stereocenters. The SMILES string of the molecule is O=C(CN1CCOCC1)N1CCN(C(=O)c2nc(Cl)ccc2Cl)CC1. The second-order valence-electron chi connectivity index (χ2n) is 6.03. The van der Waals surface area contributed by atoms with Gasteiger partial charge in [0.2, 0.25) is 5.91 Å². The molecule has 25 heavy (non-hydrogen) atoms. The third-order valence-corrected chi connectivity index (χ3v) is 4.91. The highest BCUT2D eigenvalue weighted by Gasteiger charge is 2.27. The van der Waals surface area contributed by atoms with Crippen molar-refractivity contribution < 1.29 is 14.3 Å². The van der Waals surface area contributed by atoms with Crippen molar-refractivity contribution in [1.29, 1.82) is 0 Å². The number of pyridine rings is 1. The number of morpholine rings is 1. The summed E-state index contributed by atoms with van der Waals surface area (Å²) in [6.45, 7) is 5.23. The number of halogens is 2. The summed E-state index contributed by atoms with van der Waals surface area (Å²) in [6, 6.07) is 3.11. The summed E-state index contributed by atoms with van der Waals surface area (Å²) >= 11 is 11.9. The van der Waals surface area contributed by atoms with Crippen molar-refractivity contribution in [3.05, 3.63) is 28.0 Å². The van der Waals surface area contributed by atoms with Crippen LogP contribution in [0, 0.1) is 0 Å². The molecule has 2 aliphatic rings. The van der Waals surface area contributed by atoms with Gasteiger partial charge in [-0.1, -0.05) is 23.2 Å². The van der Waals surface area contributed by atoms with Gasteiger partial charge in [0.1, 0.15) is 10.8 Å². The number of nitrogens with zero attached hydrogens (tertiary/aromatic N) is 4. The normalized spacial score (nSPS) is 19.1. The Bertz CT molecular complexity index is 644. The minimum absolute atomic E-state index is 0.0907. The average molecular weight is 387 g/mol. The maximum Gasteiger partial charge on any atom is 0.274 e. The molecule has 9 heteroatoms. The van der Waals surface area contributed by atoms with E-state index in [1.807, 2.05) is 0 Å². The second kappa shape index (κ2) is 8.31. The number of piperazine rings is 1. The Hall–Kier alpha value is -1.41. The molecule has 2 amide bonds. The Morgan fingerprint density at radius 1 is 1.00 bits per heavy atom. The fourth-order valence-electron chi connectivity index (χ4n) is 2.93. The van der Waals surface area contributed by atoms with Crippen molar-refractivity contribution in [2.24, 2.45) is 0 Å². The van der Waals surface area contributed by atoms with Crippen LogP contribution in [0.3, 0.4) is 0 Å². The van der Waals surface area contributed by atoms with Gasteiger partial charge < -0.3 is 14.5 Å². The van der Waals surface area contributed by atoms with E-state index in [1.54, 1.807) is 21.9 Å². The number of carbonyl (C=O) groups is 2. The number of rotatable bonds is 3. The molecular weight excluding hydrogens is 367 g/mol. The monoisotopic (exact) mass is 386 g/mol.